The highest BCUT2D eigenvalue weighted by Gasteiger charge is 2.26. The molecular weight excluding hydrogens is 232 g/mol. The van der Waals surface area contributed by atoms with Gasteiger partial charge in [-0.2, -0.15) is 4.57 Å². The van der Waals surface area contributed by atoms with Gasteiger partial charge in [-0.3, -0.25) is 4.79 Å². The summed E-state index contributed by atoms with van der Waals surface area (Å²) < 4.78 is 2.07. The second-order valence-corrected chi connectivity index (χ2v) is 5.98. The van der Waals surface area contributed by atoms with Gasteiger partial charge in [0, 0.05) is 19.5 Å². The van der Waals surface area contributed by atoms with Gasteiger partial charge in [0.2, 0.25) is 12.1 Å². The Kier molecular flexibility index (Phi) is 3.82. The average molecular weight is 253 g/mol. The maximum absolute atomic E-state index is 12.2. The van der Waals surface area contributed by atoms with Crippen LogP contribution in [0.5, 0.6) is 0 Å². The lowest BCUT2D eigenvalue weighted by Crippen LogP contribution is -2.49. The SMILES string of the molecule is Cc1sc[n+](CC(=O)N2CCCCC2C)c1C. The normalized spacial score (nSPS) is 20.6. The third-order valence-corrected chi connectivity index (χ3v) is 4.73. The average Bonchev–Trinajstić information content (AvgIpc) is 2.61. The first-order valence-electron chi connectivity index (χ1n) is 6.33. The van der Waals surface area contributed by atoms with Crippen LogP contribution in [0.3, 0.4) is 0 Å². The number of hydrogen-bond donors (Lipinski definition) is 0. The molecule has 3 nitrogen and oxygen atoms in total. The molecule has 0 radical (unpaired) electrons. The van der Waals surface area contributed by atoms with Crippen molar-refractivity contribution in [1.82, 2.24) is 4.90 Å². The lowest BCUT2D eigenvalue weighted by molar-refractivity contribution is -0.686. The molecule has 1 aliphatic heterocycles. The van der Waals surface area contributed by atoms with Gasteiger partial charge in [-0.25, -0.2) is 0 Å². The highest BCUT2D eigenvalue weighted by Crippen LogP contribution is 2.16. The fourth-order valence-electron chi connectivity index (χ4n) is 2.37. The van der Waals surface area contributed by atoms with Crippen LogP contribution in [-0.4, -0.2) is 23.4 Å². The first-order chi connectivity index (χ1) is 8.09. The third-order valence-electron chi connectivity index (χ3n) is 3.73. The zero-order valence-electron chi connectivity index (χ0n) is 10.9. The Morgan fingerprint density at radius 3 is 2.88 bits per heavy atom. The van der Waals surface area contributed by atoms with E-state index in [4.69, 9.17) is 0 Å². The van der Waals surface area contributed by atoms with E-state index in [9.17, 15) is 4.79 Å². The van der Waals surface area contributed by atoms with Gasteiger partial charge in [-0.05, 0) is 33.1 Å². The molecule has 0 N–H and O–H groups in total. The summed E-state index contributed by atoms with van der Waals surface area (Å²) in [7, 11) is 0. The number of amides is 1. The molecule has 0 bridgehead atoms. The topological polar surface area (TPSA) is 24.2 Å². The van der Waals surface area contributed by atoms with Crippen LogP contribution in [0.1, 0.15) is 36.8 Å². The molecule has 1 unspecified atom stereocenters. The van der Waals surface area contributed by atoms with Gasteiger partial charge in [0.1, 0.15) is 0 Å². The highest BCUT2D eigenvalue weighted by atomic mass is 32.1. The molecule has 4 heteroatoms. The summed E-state index contributed by atoms with van der Waals surface area (Å²) in [6.07, 6.45) is 3.56. The molecule has 1 fully saturated rings. The Labute approximate surface area is 107 Å². The van der Waals surface area contributed by atoms with Crippen LogP contribution in [-0.2, 0) is 11.3 Å². The number of aromatic nitrogens is 1. The number of hydrogen-bond acceptors (Lipinski definition) is 2. The molecule has 0 aromatic carbocycles. The van der Waals surface area contributed by atoms with E-state index in [1.165, 1.54) is 17.0 Å². The zero-order valence-corrected chi connectivity index (χ0v) is 11.7. The summed E-state index contributed by atoms with van der Waals surface area (Å²) in [5.74, 6) is 0.267. The summed E-state index contributed by atoms with van der Waals surface area (Å²) >= 11 is 1.71. The molecule has 1 amide bonds. The van der Waals surface area contributed by atoms with Crippen LogP contribution < -0.4 is 4.57 Å². The van der Waals surface area contributed by atoms with E-state index in [1.54, 1.807) is 11.3 Å². The smallest absolute Gasteiger partial charge is 0.288 e. The number of likely N-dealkylation sites (tertiary alicyclic amines) is 1. The molecule has 2 rings (SSSR count). The predicted molar refractivity (Wildman–Crippen MR) is 69.0 cm³/mol. The van der Waals surface area contributed by atoms with Crippen LogP contribution in [0.25, 0.3) is 0 Å². The van der Waals surface area contributed by atoms with Crippen molar-refractivity contribution < 1.29 is 9.36 Å². The Hall–Kier alpha value is -0.900. The van der Waals surface area contributed by atoms with Crippen LogP contribution in [0.2, 0.25) is 0 Å². The van der Waals surface area contributed by atoms with Crippen molar-refractivity contribution in [3.05, 3.63) is 16.1 Å². The van der Waals surface area contributed by atoms with E-state index >= 15 is 0 Å². The van der Waals surface area contributed by atoms with Crippen molar-refractivity contribution >= 4 is 17.2 Å². The largest absolute Gasteiger partial charge is 0.335 e. The number of piperidine rings is 1. The molecule has 0 saturated carbocycles. The number of rotatable bonds is 2. The van der Waals surface area contributed by atoms with Gasteiger partial charge in [0.15, 0.2) is 5.69 Å². The summed E-state index contributed by atoms with van der Waals surface area (Å²) in [6, 6.07) is 0.414. The van der Waals surface area contributed by atoms with Crippen molar-refractivity contribution in [3.63, 3.8) is 0 Å². The van der Waals surface area contributed by atoms with Crippen molar-refractivity contribution in [2.45, 2.75) is 52.6 Å². The van der Waals surface area contributed by atoms with Crippen LogP contribution >= 0.6 is 11.3 Å². The van der Waals surface area contributed by atoms with E-state index in [0.29, 0.717) is 12.6 Å². The lowest BCUT2D eigenvalue weighted by Gasteiger charge is -2.32. The van der Waals surface area contributed by atoms with Crippen molar-refractivity contribution in [2.24, 2.45) is 0 Å². The second-order valence-electron chi connectivity index (χ2n) is 4.92. The van der Waals surface area contributed by atoms with E-state index in [-0.39, 0.29) is 5.91 Å². The van der Waals surface area contributed by atoms with Crippen LogP contribution in [0, 0.1) is 13.8 Å². The fraction of sp³-hybridized carbons (Fsp3) is 0.692. The molecule has 94 valence electrons. The monoisotopic (exact) mass is 253 g/mol. The second kappa shape index (κ2) is 5.17. The minimum Gasteiger partial charge on any atom is -0.335 e. The maximum atomic E-state index is 12.2. The lowest BCUT2D eigenvalue weighted by atomic mass is 10.0. The Morgan fingerprint density at radius 1 is 1.53 bits per heavy atom. The minimum atomic E-state index is 0.267. The van der Waals surface area contributed by atoms with Gasteiger partial charge < -0.3 is 4.90 Å². The van der Waals surface area contributed by atoms with E-state index in [1.807, 2.05) is 4.90 Å². The Morgan fingerprint density at radius 2 is 2.29 bits per heavy atom. The molecule has 17 heavy (non-hydrogen) atoms. The van der Waals surface area contributed by atoms with Gasteiger partial charge in [-0.15, -0.1) is 0 Å². The maximum Gasteiger partial charge on any atom is 0.288 e. The molecule has 1 aliphatic rings. The molecule has 0 aliphatic carbocycles. The molecule has 0 spiro atoms. The summed E-state index contributed by atoms with van der Waals surface area (Å²) in [5, 5.41) is 0. The first kappa shape index (κ1) is 12.6. The molecule has 1 aromatic rings. The number of carbonyl (C=O) groups is 1. The molecule has 1 saturated heterocycles. The summed E-state index contributed by atoms with van der Waals surface area (Å²) in [6.45, 7) is 7.78. The summed E-state index contributed by atoms with van der Waals surface area (Å²) in [4.78, 5) is 15.6. The Bertz CT molecular complexity index is 414. The molecular formula is C13H21N2OS+. The quantitative estimate of drug-likeness (QED) is 0.740. The van der Waals surface area contributed by atoms with Gasteiger partial charge in [0.05, 0.1) is 4.88 Å². The van der Waals surface area contributed by atoms with Crippen molar-refractivity contribution in [1.29, 1.82) is 0 Å². The Balaban J connectivity index is 2.03. The third kappa shape index (κ3) is 2.68. The fourth-order valence-corrected chi connectivity index (χ4v) is 3.18. The van der Waals surface area contributed by atoms with Gasteiger partial charge >= 0.3 is 0 Å². The highest BCUT2D eigenvalue weighted by molar-refractivity contribution is 7.09. The number of thiazole rings is 1. The summed E-state index contributed by atoms with van der Waals surface area (Å²) in [5.41, 5.74) is 3.27. The predicted octanol–water partition coefficient (Wildman–Crippen LogP) is 2.05. The molecule has 1 aromatic heterocycles. The number of nitrogens with zero attached hydrogens (tertiary/aromatic N) is 2. The van der Waals surface area contributed by atoms with Gasteiger partial charge in [-0.1, -0.05) is 11.3 Å². The van der Waals surface area contributed by atoms with E-state index in [2.05, 4.69) is 30.8 Å². The molecule has 2 heterocycles. The standard InChI is InChI=1S/C13H21N2OS/c1-10-6-4-5-7-15(10)13(16)8-14-9-17-12(3)11(14)2/h9-10H,4-8H2,1-3H3/q+1. The van der Waals surface area contributed by atoms with Gasteiger partial charge in [0.25, 0.3) is 5.91 Å². The van der Waals surface area contributed by atoms with Crippen molar-refractivity contribution in [3.8, 4) is 0 Å². The number of aryl methyl sites for hydroxylation is 1. The van der Waals surface area contributed by atoms with Crippen LogP contribution in [0.4, 0.5) is 0 Å². The number of carbonyl (C=O) groups excluding carboxylic acids is 1. The molecule has 1 atom stereocenters. The zero-order chi connectivity index (χ0) is 12.4. The van der Waals surface area contributed by atoms with Crippen LogP contribution in [0.15, 0.2) is 5.51 Å². The van der Waals surface area contributed by atoms with Crippen molar-refractivity contribution in [2.75, 3.05) is 6.54 Å². The minimum absolute atomic E-state index is 0.267. The van der Waals surface area contributed by atoms with E-state index < -0.39 is 0 Å². The first-order valence-corrected chi connectivity index (χ1v) is 7.21. The van der Waals surface area contributed by atoms with E-state index in [0.717, 1.165) is 19.4 Å².